The number of amides is 1. The first-order chi connectivity index (χ1) is 10.7. The lowest BCUT2D eigenvalue weighted by Crippen LogP contribution is -2.32. The molecule has 0 bridgehead atoms. The minimum absolute atomic E-state index is 0.0470. The van der Waals surface area contributed by atoms with Gasteiger partial charge < -0.3 is 5.32 Å². The Hall–Kier alpha value is -2.86. The van der Waals surface area contributed by atoms with E-state index in [1.165, 1.54) is 11.6 Å². The van der Waals surface area contributed by atoms with Gasteiger partial charge in [-0.25, -0.2) is 0 Å². The molecule has 0 radical (unpaired) electrons. The van der Waals surface area contributed by atoms with Crippen LogP contribution in [0.25, 0.3) is 6.08 Å². The minimum Gasteiger partial charge on any atom is -0.350 e. The van der Waals surface area contributed by atoms with Crippen molar-refractivity contribution in [3.8, 4) is 6.07 Å². The molecule has 0 fully saturated rings. The van der Waals surface area contributed by atoms with E-state index in [-0.39, 0.29) is 11.9 Å². The molecule has 2 aromatic carbocycles. The third-order valence-electron chi connectivity index (χ3n) is 3.27. The molecule has 2 aromatic rings. The molecule has 0 saturated heterocycles. The predicted octanol–water partition coefficient (Wildman–Crippen LogP) is 3.32. The molecule has 0 aromatic heterocycles. The van der Waals surface area contributed by atoms with E-state index in [4.69, 9.17) is 5.26 Å². The van der Waals surface area contributed by atoms with Crippen LogP contribution in [0.4, 0.5) is 0 Å². The van der Waals surface area contributed by atoms with E-state index in [9.17, 15) is 4.79 Å². The molecule has 0 saturated carbocycles. The van der Waals surface area contributed by atoms with Crippen molar-refractivity contribution in [3.05, 3.63) is 77.4 Å². The summed E-state index contributed by atoms with van der Waals surface area (Å²) < 4.78 is 0. The number of carbonyl (C=O) groups excluding carboxylic acids is 1. The first-order valence-corrected chi connectivity index (χ1v) is 7.20. The van der Waals surface area contributed by atoms with Crippen LogP contribution in [0.2, 0.25) is 0 Å². The van der Waals surface area contributed by atoms with Gasteiger partial charge in [0.05, 0.1) is 11.6 Å². The highest BCUT2D eigenvalue weighted by Crippen LogP contribution is 2.09. The standard InChI is InChI=1S/C19H18N2O/c1-15(13-16-7-3-2-4-8-16)21-19(22)12-11-17-9-5-6-10-18(17)14-20/h2-12,15H,13H2,1H3,(H,21,22)/b12-11+/t15-/m0/s1. The number of benzene rings is 2. The lowest BCUT2D eigenvalue weighted by molar-refractivity contribution is -0.117. The van der Waals surface area contributed by atoms with Crippen molar-refractivity contribution in [1.29, 1.82) is 5.26 Å². The summed E-state index contributed by atoms with van der Waals surface area (Å²) in [5.74, 6) is -0.156. The number of nitriles is 1. The van der Waals surface area contributed by atoms with Crippen molar-refractivity contribution in [2.75, 3.05) is 0 Å². The van der Waals surface area contributed by atoms with E-state index in [1.807, 2.05) is 49.4 Å². The van der Waals surface area contributed by atoms with Gasteiger partial charge in [0, 0.05) is 12.1 Å². The maximum Gasteiger partial charge on any atom is 0.244 e. The summed E-state index contributed by atoms with van der Waals surface area (Å²) in [6.07, 6.45) is 3.93. The van der Waals surface area contributed by atoms with Crippen LogP contribution in [0.15, 0.2) is 60.7 Å². The number of carbonyl (C=O) groups is 1. The van der Waals surface area contributed by atoms with Crippen LogP contribution in [-0.2, 0) is 11.2 Å². The van der Waals surface area contributed by atoms with Crippen LogP contribution in [0, 0.1) is 11.3 Å². The molecule has 0 aliphatic heterocycles. The van der Waals surface area contributed by atoms with Crippen LogP contribution in [0.3, 0.4) is 0 Å². The van der Waals surface area contributed by atoms with Gasteiger partial charge in [-0.05, 0) is 36.6 Å². The minimum atomic E-state index is -0.156. The van der Waals surface area contributed by atoms with Crippen molar-refractivity contribution in [2.24, 2.45) is 0 Å². The summed E-state index contributed by atoms with van der Waals surface area (Å²) >= 11 is 0. The van der Waals surface area contributed by atoms with Gasteiger partial charge in [-0.1, -0.05) is 48.5 Å². The van der Waals surface area contributed by atoms with Gasteiger partial charge in [0.2, 0.25) is 5.91 Å². The lowest BCUT2D eigenvalue weighted by Gasteiger charge is -2.12. The Bertz CT molecular complexity index is 699. The molecule has 0 aliphatic carbocycles. The Labute approximate surface area is 130 Å². The van der Waals surface area contributed by atoms with Crippen molar-refractivity contribution in [1.82, 2.24) is 5.32 Å². The molecular weight excluding hydrogens is 272 g/mol. The highest BCUT2D eigenvalue weighted by Gasteiger charge is 2.06. The van der Waals surface area contributed by atoms with E-state index < -0.39 is 0 Å². The summed E-state index contributed by atoms with van der Waals surface area (Å²) in [4.78, 5) is 11.9. The van der Waals surface area contributed by atoms with Crippen molar-refractivity contribution in [3.63, 3.8) is 0 Å². The maximum absolute atomic E-state index is 11.9. The monoisotopic (exact) mass is 290 g/mol. The van der Waals surface area contributed by atoms with E-state index in [0.717, 1.165) is 12.0 Å². The average Bonchev–Trinajstić information content (AvgIpc) is 2.54. The molecule has 1 N–H and O–H groups in total. The third-order valence-corrected chi connectivity index (χ3v) is 3.27. The number of hydrogen-bond acceptors (Lipinski definition) is 2. The molecule has 0 unspecified atom stereocenters. The van der Waals surface area contributed by atoms with Crippen LogP contribution in [0.5, 0.6) is 0 Å². The zero-order valence-corrected chi connectivity index (χ0v) is 12.5. The Morgan fingerprint density at radius 3 is 2.59 bits per heavy atom. The predicted molar refractivity (Wildman–Crippen MR) is 87.9 cm³/mol. The van der Waals surface area contributed by atoms with Gasteiger partial charge in [-0.2, -0.15) is 5.26 Å². The molecule has 1 amide bonds. The Balaban J connectivity index is 1.92. The summed E-state index contributed by atoms with van der Waals surface area (Å²) in [6.45, 7) is 1.97. The molecule has 3 heteroatoms. The van der Waals surface area contributed by atoms with Gasteiger partial charge in [-0.15, -0.1) is 0 Å². The molecule has 0 spiro atoms. The topological polar surface area (TPSA) is 52.9 Å². The number of rotatable bonds is 5. The van der Waals surface area contributed by atoms with E-state index >= 15 is 0 Å². The van der Waals surface area contributed by atoms with Crippen LogP contribution >= 0.6 is 0 Å². The highest BCUT2D eigenvalue weighted by molar-refractivity contribution is 5.92. The number of hydrogen-bond donors (Lipinski definition) is 1. The first-order valence-electron chi connectivity index (χ1n) is 7.20. The van der Waals surface area contributed by atoms with Gasteiger partial charge in [-0.3, -0.25) is 4.79 Å². The van der Waals surface area contributed by atoms with E-state index in [2.05, 4.69) is 11.4 Å². The van der Waals surface area contributed by atoms with Crippen LogP contribution < -0.4 is 5.32 Å². The summed E-state index contributed by atoms with van der Waals surface area (Å²) in [5, 5.41) is 11.9. The van der Waals surface area contributed by atoms with Crippen molar-refractivity contribution >= 4 is 12.0 Å². The van der Waals surface area contributed by atoms with Crippen LogP contribution in [-0.4, -0.2) is 11.9 Å². The molecule has 0 heterocycles. The number of nitrogens with zero attached hydrogens (tertiary/aromatic N) is 1. The quantitative estimate of drug-likeness (QED) is 0.859. The van der Waals surface area contributed by atoms with E-state index in [0.29, 0.717) is 5.56 Å². The molecule has 1 atom stereocenters. The second kappa shape index (κ2) is 7.80. The SMILES string of the molecule is C[C@@H](Cc1ccccc1)NC(=O)/C=C/c1ccccc1C#N. The Morgan fingerprint density at radius 1 is 1.18 bits per heavy atom. The molecule has 0 aliphatic rings. The molecule has 22 heavy (non-hydrogen) atoms. The number of nitrogens with one attached hydrogen (secondary N) is 1. The smallest absolute Gasteiger partial charge is 0.244 e. The van der Waals surface area contributed by atoms with E-state index in [1.54, 1.807) is 18.2 Å². The van der Waals surface area contributed by atoms with Crippen molar-refractivity contribution in [2.45, 2.75) is 19.4 Å². The first kappa shape index (κ1) is 15.5. The van der Waals surface area contributed by atoms with Crippen molar-refractivity contribution < 1.29 is 4.79 Å². The summed E-state index contributed by atoms with van der Waals surface area (Å²) in [5.41, 5.74) is 2.49. The second-order valence-corrected chi connectivity index (χ2v) is 5.13. The summed E-state index contributed by atoms with van der Waals surface area (Å²) in [7, 11) is 0. The average molecular weight is 290 g/mol. The third kappa shape index (κ3) is 4.60. The second-order valence-electron chi connectivity index (χ2n) is 5.13. The molecule has 3 nitrogen and oxygen atoms in total. The summed E-state index contributed by atoms with van der Waals surface area (Å²) in [6, 6.07) is 19.4. The van der Waals surface area contributed by atoms with Gasteiger partial charge in [0.25, 0.3) is 0 Å². The highest BCUT2D eigenvalue weighted by atomic mass is 16.1. The largest absolute Gasteiger partial charge is 0.350 e. The fourth-order valence-corrected chi connectivity index (χ4v) is 2.22. The zero-order chi connectivity index (χ0) is 15.8. The zero-order valence-electron chi connectivity index (χ0n) is 12.5. The Kier molecular flexibility index (Phi) is 5.50. The van der Waals surface area contributed by atoms with Crippen LogP contribution in [0.1, 0.15) is 23.6 Å². The lowest BCUT2D eigenvalue weighted by atomic mass is 10.1. The normalized spacial score (nSPS) is 11.8. The molecule has 2 rings (SSSR count). The molecular formula is C19H18N2O. The van der Waals surface area contributed by atoms with Gasteiger partial charge >= 0.3 is 0 Å². The Morgan fingerprint density at radius 2 is 1.86 bits per heavy atom. The van der Waals surface area contributed by atoms with Gasteiger partial charge in [0.1, 0.15) is 0 Å². The maximum atomic E-state index is 11.9. The molecule has 110 valence electrons. The van der Waals surface area contributed by atoms with Gasteiger partial charge in [0.15, 0.2) is 0 Å². The fraction of sp³-hybridized carbons (Fsp3) is 0.158. The fourth-order valence-electron chi connectivity index (χ4n) is 2.22.